The molecule has 2 aromatic rings. The SMILES string of the molecule is CC(C)c1ccc(CC(=O)N2CCN(c3ccc(C#N)cn3)CC2)cc1. The van der Waals surface area contributed by atoms with Gasteiger partial charge in [0.15, 0.2) is 0 Å². The highest BCUT2D eigenvalue weighted by atomic mass is 16.2. The van der Waals surface area contributed by atoms with Crippen LogP contribution in [0.15, 0.2) is 42.6 Å². The minimum atomic E-state index is 0.176. The third-order valence-electron chi connectivity index (χ3n) is 4.84. The van der Waals surface area contributed by atoms with Crippen molar-refractivity contribution >= 4 is 11.7 Å². The van der Waals surface area contributed by atoms with Gasteiger partial charge in [-0.1, -0.05) is 38.1 Å². The lowest BCUT2D eigenvalue weighted by atomic mass is 10.0. The molecule has 0 aliphatic carbocycles. The molecule has 5 nitrogen and oxygen atoms in total. The molecule has 3 rings (SSSR count). The zero-order chi connectivity index (χ0) is 18.5. The number of nitriles is 1. The fraction of sp³-hybridized carbons (Fsp3) is 0.381. The van der Waals surface area contributed by atoms with Gasteiger partial charge in [-0.25, -0.2) is 4.98 Å². The summed E-state index contributed by atoms with van der Waals surface area (Å²) in [5, 5.41) is 8.85. The smallest absolute Gasteiger partial charge is 0.227 e. The lowest BCUT2D eigenvalue weighted by Crippen LogP contribution is -2.49. The van der Waals surface area contributed by atoms with Crippen LogP contribution in [0.25, 0.3) is 0 Å². The lowest BCUT2D eigenvalue weighted by molar-refractivity contribution is -0.130. The Bertz CT molecular complexity index is 782. The lowest BCUT2D eigenvalue weighted by Gasteiger charge is -2.35. The molecular formula is C21H24N4O. The van der Waals surface area contributed by atoms with Gasteiger partial charge in [-0.15, -0.1) is 0 Å². The van der Waals surface area contributed by atoms with Crippen molar-refractivity contribution in [3.8, 4) is 6.07 Å². The average Bonchev–Trinajstić information content (AvgIpc) is 2.68. The van der Waals surface area contributed by atoms with Gasteiger partial charge in [0.25, 0.3) is 0 Å². The van der Waals surface area contributed by atoms with Crippen LogP contribution in [0.5, 0.6) is 0 Å². The Kier molecular flexibility index (Phi) is 5.52. The molecule has 1 aromatic heterocycles. The van der Waals surface area contributed by atoms with E-state index in [4.69, 9.17) is 5.26 Å². The van der Waals surface area contributed by atoms with E-state index in [1.165, 1.54) is 5.56 Å². The van der Waals surface area contributed by atoms with Gasteiger partial charge < -0.3 is 9.80 Å². The van der Waals surface area contributed by atoms with Crippen molar-refractivity contribution in [2.75, 3.05) is 31.1 Å². The van der Waals surface area contributed by atoms with E-state index in [9.17, 15) is 4.79 Å². The molecule has 0 atom stereocenters. The van der Waals surface area contributed by atoms with Crippen molar-refractivity contribution < 1.29 is 4.79 Å². The molecule has 1 saturated heterocycles. The fourth-order valence-electron chi connectivity index (χ4n) is 3.13. The van der Waals surface area contributed by atoms with Crippen molar-refractivity contribution in [3.05, 3.63) is 59.3 Å². The summed E-state index contributed by atoms with van der Waals surface area (Å²) in [6.45, 7) is 7.26. The van der Waals surface area contributed by atoms with Gasteiger partial charge in [-0.05, 0) is 29.2 Å². The maximum Gasteiger partial charge on any atom is 0.227 e. The van der Waals surface area contributed by atoms with E-state index in [0.29, 0.717) is 31.0 Å². The summed E-state index contributed by atoms with van der Waals surface area (Å²) < 4.78 is 0. The van der Waals surface area contributed by atoms with E-state index in [-0.39, 0.29) is 5.91 Å². The monoisotopic (exact) mass is 348 g/mol. The zero-order valence-corrected chi connectivity index (χ0v) is 15.4. The summed E-state index contributed by atoms with van der Waals surface area (Å²) in [5.74, 6) is 1.54. The number of piperazine rings is 1. The first-order valence-electron chi connectivity index (χ1n) is 9.04. The van der Waals surface area contributed by atoms with Crippen LogP contribution in [0, 0.1) is 11.3 Å². The number of anilines is 1. The van der Waals surface area contributed by atoms with Crippen LogP contribution in [0.1, 0.15) is 36.5 Å². The minimum Gasteiger partial charge on any atom is -0.353 e. The molecule has 1 aliphatic heterocycles. The number of hydrogen-bond donors (Lipinski definition) is 0. The minimum absolute atomic E-state index is 0.176. The molecule has 1 amide bonds. The Morgan fingerprint density at radius 1 is 1.12 bits per heavy atom. The highest BCUT2D eigenvalue weighted by molar-refractivity contribution is 5.79. The number of aromatic nitrogens is 1. The van der Waals surface area contributed by atoms with Crippen molar-refractivity contribution in [1.29, 1.82) is 5.26 Å². The van der Waals surface area contributed by atoms with Crippen molar-refractivity contribution in [2.24, 2.45) is 0 Å². The molecule has 0 N–H and O–H groups in total. The Hall–Kier alpha value is -2.87. The van der Waals surface area contributed by atoms with E-state index in [2.05, 4.69) is 54.1 Å². The molecule has 0 spiro atoms. The fourth-order valence-corrected chi connectivity index (χ4v) is 3.13. The van der Waals surface area contributed by atoms with Crippen LogP contribution >= 0.6 is 0 Å². The van der Waals surface area contributed by atoms with Crippen molar-refractivity contribution in [3.63, 3.8) is 0 Å². The number of rotatable bonds is 4. The molecular weight excluding hydrogens is 324 g/mol. The van der Waals surface area contributed by atoms with Crippen LogP contribution in [-0.2, 0) is 11.2 Å². The first-order chi connectivity index (χ1) is 12.6. The normalized spacial score (nSPS) is 14.4. The summed E-state index contributed by atoms with van der Waals surface area (Å²) in [6.07, 6.45) is 2.04. The molecule has 2 heterocycles. The maximum atomic E-state index is 12.6. The van der Waals surface area contributed by atoms with Gasteiger partial charge in [0.1, 0.15) is 11.9 Å². The molecule has 26 heavy (non-hydrogen) atoms. The van der Waals surface area contributed by atoms with Crippen LogP contribution in [0.3, 0.4) is 0 Å². The number of hydrogen-bond acceptors (Lipinski definition) is 4. The molecule has 0 saturated carbocycles. The molecule has 134 valence electrons. The van der Waals surface area contributed by atoms with Crippen molar-refractivity contribution in [1.82, 2.24) is 9.88 Å². The predicted octanol–water partition coefficient (Wildman–Crippen LogP) is 2.97. The van der Waals surface area contributed by atoms with Crippen LogP contribution in [0.2, 0.25) is 0 Å². The van der Waals surface area contributed by atoms with E-state index < -0.39 is 0 Å². The molecule has 1 fully saturated rings. The molecule has 5 heteroatoms. The molecule has 0 bridgehead atoms. The number of nitrogens with zero attached hydrogens (tertiary/aromatic N) is 4. The molecule has 0 radical (unpaired) electrons. The third-order valence-corrected chi connectivity index (χ3v) is 4.84. The van der Waals surface area contributed by atoms with Crippen LogP contribution < -0.4 is 4.90 Å². The third kappa shape index (κ3) is 4.20. The number of amides is 1. The quantitative estimate of drug-likeness (QED) is 0.852. The summed E-state index contributed by atoms with van der Waals surface area (Å²) in [5.41, 5.74) is 2.92. The van der Waals surface area contributed by atoms with Gasteiger partial charge >= 0.3 is 0 Å². The summed E-state index contributed by atoms with van der Waals surface area (Å²) in [6, 6.07) is 14.1. The largest absolute Gasteiger partial charge is 0.353 e. The van der Waals surface area contributed by atoms with Gasteiger partial charge in [0, 0.05) is 32.4 Å². The number of pyridine rings is 1. The van der Waals surface area contributed by atoms with Gasteiger partial charge in [-0.3, -0.25) is 4.79 Å². The predicted molar refractivity (Wildman–Crippen MR) is 102 cm³/mol. The van der Waals surface area contributed by atoms with Gasteiger partial charge in [0.05, 0.1) is 12.0 Å². The molecule has 0 unspecified atom stereocenters. The van der Waals surface area contributed by atoms with E-state index >= 15 is 0 Å². The number of carbonyl (C=O) groups is 1. The molecule has 1 aliphatic rings. The van der Waals surface area contributed by atoms with Gasteiger partial charge in [0.2, 0.25) is 5.91 Å². The summed E-state index contributed by atoms with van der Waals surface area (Å²) >= 11 is 0. The van der Waals surface area contributed by atoms with E-state index in [0.717, 1.165) is 24.5 Å². The van der Waals surface area contributed by atoms with Crippen LogP contribution in [0.4, 0.5) is 5.82 Å². The zero-order valence-electron chi connectivity index (χ0n) is 15.4. The highest BCUT2D eigenvalue weighted by Gasteiger charge is 2.22. The Morgan fingerprint density at radius 3 is 2.35 bits per heavy atom. The number of benzene rings is 1. The highest BCUT2D eigenvalue weighted by Crippen LogP contribution is 2.17. The first kappa shape index (κ1) is 17.9. The second-order valence-corrected chi connectivity index (χ2v) is 6.96. The topological polar surface area (TPSA) is 60.2 Å². The Labute approximate surface area is 154 Å². The van der Waals surface area contributed by atoms with Crippen LogP contribution in [-0.4, -0.2) is 42.0 Å². The van der Waals surface area contributed by atoms with E-state index in [1.807, 2.05) is 11.0 Å². The summed E-state index contributed by atoms with van der Waals surface area (Å²) in [7, 11) is 0. The van der Waals surface area contributed by atoms with Gasteiger partial charge in [-0.2, -0.15) is 5.26 Å². The average molecular weight is 348 g/mol. The Balaban J connectivity index is 1.53. The van der Waals surface area contributed by atoms with Crippen molar-refractivity contribution in [2.45, 2.75) is 26.2 Å². The Morgan fingerprint density at radius 2 is 1.81 bits per heavy atom. The number of carbonyl (C=O) groups excluding carboxylic acids is 1. The molecule has 1 aromatic carbocycles. The second-order valence-electron chi connectivity index (χ2n) is 6.96. The second kappa shape index (κ2) is 8.01. The standard InChI is InChI=1S/C21H24N4O/c1-16(2)19-6-3-17(4-7-19)13-21(26)25-11-9-24(10-12-25)20-8-5-18(14-22)15-23-20/h3-8,15-16H,9-13H2,1-2H3. The summed E-state index contributed by atoms with van der Waals surface area (Å²) in [4.78, 5) is 21.0. The first-order valence-corrected chi connectivity index (χ1v) is 9.04. The van der Waals surface area contributed by atoms with E-state index in [1.54, 1.807) is 12.3 Å². The maximum absolute atomic E-state index is 12.6.